The van der Waals surface area contributed by atoms with Gasteiger partial charge in [0.05, 0.1) is 25.6 Å². The van der Waals surface area contributed by atoms with Gasteiger partial charge in [-0.25, -0.2) is 0 Å². The van der Waals surface area contributed by atoms with E-state index in [2.05, 4.69) is 10.2 Å². The molecule has 0 radical (unpaired) electrons. The zero-order chi connectivity index (χ0) is 21.2. The van der Waals surface area contributed by atoms with Crippen LogP contribution in [0.25, 0.3) is 0 Å². The highest BCUT2D eigenvalue weighted by Gasteiger charge is 2.63. The summed E-state index contributed by atoms with van der Waals surface area (Å²) in [5.74, 6) is 1.17. The van der Waals surface area contributed by atoms with Gasteiger partial charge in [0.1, 0.15) is 5.75 Å². The number of nitrogens with one attached hydrogen (secondary N) is 1. The Morgan fingerprint density at radius 1 is 1.10 bits per heavy atom. The van der Waals surface area contributed by atoms with E-state index in [1.807, 2.05) is 29.2 Å². The molecule has 0 unspecified atom stereocenters. The maximum absolute atomic E-state index is 12.9. The number of fused-ring (bicyclic) bond motifs is 1. The molecule has 1 N–H and O–H groups in total. The molecule has 30 heavy (non-hydrogen) atoms. The Bertz CT molecular complexity index is 773. The van der Waals surface area contributed by atoms with Gasteiger partial charge in [-0.1, -0.05) is 12.1 Å². The summed E-state index contributed by atoms with van der Waals surface area (Å²) >= 11 is 0. The molecule has 1 atom stereocenters. The molecule has 3 aliphatic heterocycles. The Labute approximate surface area is 178 Å². The summed E-state index contributed by atoms with van der Waals surface area (Å²) in [5.41, 5.74) is 0.642. The van der Waals surface area contributed by atoms with Crippen LogP contribution in [0.3, 0.4) is 0 Å². The minimum Gasteiger partial charge on any atom is -0.497 e. The van der Waals surface area contributed by atoms with E-state index in [-0.39, 0.29) is 22.6 Å². The van der Waals surface area contributed by atoms with Crippen LogP contribution in [0, 0.1) is 10.8 Å². The maximum atomic E-state index is 12.9. The molecule has 7 heteroatoms. The third-order valence-electron chi connectivity index (χ3n) is 7.51. The summed E-state index contributed by atoms with van der Waals surface area (Å²) in [4.78, 5) is 30.2. The van der Waals surface area contributed by atoms with Crippen LogP contribution in [-0.2, 0) is 20.7 Å². The van der Waals surface area contributed by atoms with E-state index < -0.39 is 0 Å². The van der Waals surface area contributed by atoms with Crippen LogP contribution in [0.2, 0.25) is 0 Å². The standard InChI is InChI=1S/C23H33N3O4/c1-29-14-13-25-16-22(23(17-25)7-10-24-21(23)28)8-11-26(12-9-22)20(27)15-18-3-5-19(30-2)6-4-18/h3-6H,7-17H2,1-2H3,(H,24,28)/t23-/m1/s1. The molecule has 4 rings (SSSR count). The second-order valence-electron chi connectivity index (χ2n) is 8.98. The molecule has 0 bridgehead atoms. The Morgan fingerprint density at radius 3 is 2.43 bits per heavy atom. The summed E-state index contributed by atoms with van der Waals surface area (Å²) in [6.45, 7) is 5.48. The average molecular weight is 416 g/mol. The van der Waals surface area contributed by atoms with Crippen molar-refractivity contribution in [1.29, 1.82) is 0 Å². The smallest absolute Gasteiger partial charge is 0.228 e. The fourth-order valence-electron chi connectivity index (χ4n) is 5.74. The van der Waals surface area contributed by atoms with Crippen molar-refractivity contribution >= 4 is 11.8 Å². The van der Waals surface area contributed by atoms with Crippen molar-refractivity contribution in [3.8, 4) is 5.75 Å². The lowest BCUT2D eigenvalue weighted by Crippen LogP contribution is -2.53. The van der Waals surface area contributed by atoms with Crippen molar-refractivity contribution in [3.63, 3.8) is 0 Å². The first-order valence-electron chi connectivity index (χ1n) is 10.9. The Balaban J connectivity index is 1.42. The van der Waals surface area contributed by atoms with Crippen LogP contribution >= 0.6 is 0 Å². The lowest BCUT2D eigenvalue weighted by Gasteiger charge is -2.46. The van der Waals surface area contributed by atoms with Gasteiger partial charge >= 0.3 is 0 Å². The summed E-state index contributed by atoms with van der Waals surface area (Å²) < 4.78 is 10.5. The monoisotopic (exact) mass is 415 g/mol. The first kappa shape index (κ1) is 21.1. The van der Waals surface area contributed by atoms with Gasteiger partial charge < -0.3 is 19.7 Å². The van der Waals surface area contributed by atoms with Crippen LogP contribution < -0.4 is 10.1 Å². The zero-order valence-electron chi connectivity index (χ0n) is 18.1. The van der Waals surface area contributed by atoms with Crippen molar-refractivity contribution < 1.29 is 19.1 Å². The number of nitrogens with zero attached hydrogens (tertiary/aromatic N) is 2. The van der Waals surface area contributed by atoms with Gasteiger partial charge in [-0.15, -0.1) is 0 Å². The van der Waals surface area contributed by atoms with Crippen molar-refractivity contribution in [3.05, 3.63) is 29.8 Å². The number of rotatable bonds is 6. The quantitative estimate of drug-likeness (QED) is 0.759. The van der Waals surface area contributed by atoms with Crippen molar-refractivity contribution in [2.24, 2.45) is 10.8 Å². The minimum atomic E-state index is -0.314. The highest BCUT2D eigenvalue weighted by atomic mass is 16.5. The minimum absolute atomic E-state index is 0.0434. The van der Waals surface area contributed by atoms with Crippen molar-refractivity contribution in [2.45, 2.75) is 25.7 Å². The van der Waals surface area contributed by atoms with Gasteiger partial charge in [0.15, 0.2) is 0 Å². The number of methoxy groups -OCH3 is 2. The molecule has 3 heterocycles. The number of ether oxygens (including phenoxy) is 2. The van der Waals surface area contributed by atoms with E-state index >= 15 is 0 Å². The molecule has 3 saturated heterocycles. The first-order chi connectivity index (χ1) is 14.5. The van der Waals surface area contributed by atoms with E-state index in [0.717, 1.165) is 69.8 Å². The summed E-state index contributed by atoms with van der Waals surface area (Å²) in [5, 5.41) is 3.09. The Hall–Kier alpha value is -2.12. The topological polar surface area (TPSA) is 71.1 Å². The highest BCUT2D eigenvalue weighted by molar-refractivity contribution is 5.86. The summed E-state index contributed by atoms with van der Waals surface area (Å²) in [6.07, 6.45) is 3.08. The third kappa shape index (κ3) is 3.69. The predicted octanol–water partition coefficient (Wildman–Crippen LogP) is 1.31. The lowest BCUT2D eigenvalue weighted by molar-refractivity contribution is -0.138. The zero-order valence-corrected chi connectivity index (χ0v) is 18.1. The number of carbonyl (C=O) groups is 2. The SMILES string of the molecule is COCCN1CC2(CCN(C(=O)Cc3ccc(OC)cc3)CC2)[C@]2(CCNC2=O)C1. The molecule has 1 aromatic carbocycles. The molecule has 7 nitrogen and oxygen atoms in total. The number of likely N-dealkylation sites (tertiary alicyclic amines) is 2. The Kier molecular flexibility index (Phi) is 6.02. The number of hydrogen-bond acceptors (Lipinski definition) is 5. The number of amides is 2. The largest absolute Gasteiger partial charge is 0.497 e. The van der Waals surface area contributed by atoms with Gasteiger partial charge in [-0.3, -0.25) is 14.5 Å². The molecular formula is C23H33N3O4. The van der Waals surface area contributed by atoms with Crippen molar-refractivity contribution in [1.82, 2.24) is 15.1 Å². The fourth-order valence-corrected chi connectivity index (χ4v) is 5.74. The van der Waals surface area contributed by atoms with E-state index in [9.17, 15) is 9.59 Å². The van der Waals surface area contributed by atoms with Crippen LogP contribution in [0.5, 0.6) is 5.75 Å². The van der Waals surface area contributed by atoms with E-state index in [0.29, 0.717) is 13.0 Å². The molecule has 1 aromatic rings. The second kappa shape index (κ2) is 8.55. The second-order valence-corrected chi connectivity index (χ2v) is 8.98. The van der Waals surface area contributed by atoms with Crippen molar-refractivity contribution in [2.75, 3.05) is 60.1 Å². The molecular weight excluding hydrogens is 382 g/mol. The third-order valence-corrected chi connectivity index (χ3v) is 7.51. The van der Waals surface area contributed by atoms with Crippen LogP contribution in [0.1, 0.15) is 24.8 Å². The maximum Gasteiger partial charge on any atom is 0.228 e. The highest BCUT2D eigenvalue weighted by Crippen LogP contribution is 2.56. The number of benzene rings is 1. The lowest BCUT2D eigenvalue weighted by atomic mass is 9.60. The summed E-state index contributed by atoms with van der Waals surface area (Å²) in [7, 11) is 3.36. The number of hydrogen-bond donors (Lipinski definition) is 1. The normalized spacial score (nSPS) is 25.8. The van der Waals surface area contributed by atoms with Gasteiger partial charge in [-0.05, 0) is 37.0 Å². The van der Waals surface area contributed by atoms with Gasteiger partial charge in [0, 0.05) is 51.8 Å². The Morgan fingerprint density at radius 2 is 1.83 bits per heavy atom. The van der Waals surface area contributed by atoms with E-state index in [4.69, 9.17) is 9.47 Å². The van der Waals surface area contributed by atoms with E-state index in [1.54, 1.807) is 14.2 Å². The fraction of sp³-hybridized carbons (Fsp3) is 0.652. The van der Waals surface area contributed by atoms with Gasteiger partial charge in [0.2, 0.25) is 11.8 Å². The van der Waals surface area contributed by atoms with Crippen LogP contribution in [0.15, 0.2) is 24.3 Å². The first-order valence-corrected chi connectivity index (χ1v) is 10.9. The van der Waals surface area contributed by atoms with E-state index in [1.165, 1.54) is 0 Å². The molecule has 2 spiro atoms. The molecule has 164 valence electrons. The molecule has 0 aromatic heterocycles. The van der Waals surface area contributed by atoms with Gasteiger partial charge in [0.25, 0.3) is 0 Å². The number of carbonyl (C=O) groups excluding carboxylic acids is 2. The summed E-state index contributed by atoms with van der Waals surface area (Å²) in [6, 6.07) is 7.68. The molecule has 3 aliphatic rings. The molecule has 3 fully saturated rings. The van der Waals surface area contributed by atoms with Crippen LogP contribution in [-0.4, -0.2) is 81.7 Å². The molecule has 2 amide bonds. The average Bonchev–Trinajstić information content (AvgIpc) is 3.28. The molecule has 0 saturated carbocycles. The number of piperidine rings is 1. The van der Waals surface area contributed by atoms with Gasteiger partial charge in [-0.2, -0.15) is 0 Å². The molecule has 0 aliphatic carbocycles. The van der Waals surface area contributed by atoms with Crippen LogP contribution in [0.4, 0.5) is 0 Å². The predicted molar refractivity (Wildman–Crippen MR) is 113 cm³/mol.